The van der Waals surface area contributed by atoms with E-state index in [1.54, 1.807) is 13.8 Å². The van der Waals surface area contributed by atoms with Crippen LogP contribution in [0.25, 0.3) is 0 Å². The highest BCUT2D eigenvalue weighted by Crippen LogP contribution is 2.11. The van der Waals surface area contributed by atoms with Gasteiger partial charge in [0.15, 0.2) is 6.04 Å². The Labute approximate surface area is 109 Å². The molecule has 0 fully saturated rings. The summed E-state index contributed by atoms with van der Waals surface area (Å²) in [4.78, 5) is 22.3. The average Bonchev–Trinajstić information content (AvgIpc) is 2.62. The van der Waals surface area contributed by atoms with Crippen LogP contribution in [-0.2, 0) is 11.3 Å². The molecule has 0 radical (unpaired) electrons. The number of rotatable bonds is 5. The van der Waals surface area contributed by atoms with Crippen molar-refractivity contribution in [2.45, 2.75) is 39.5 Å². The van der Waals surface area contributed by atoms with Gasteiger partial charge in [-0.15, -0.1) is 0 Å². The van der Waals surface area contributed by atoms with Crippen LogP contribution in [0.1, 0.15) is 23.9 Å². The van der Waals surface area contributed by atoms with Gasteiger partial charge in [0.1, 0.15) is 5.76 Å². The van der Waals surface area contributed by atoms with Crippen molar-refractivity contribution in [1.29, 1.82) is 0 Å². The second kappa shape index (κ2) is 6.19. The van der Waals surface area contributed by atoms with Crippen molar-refractivity contribution in [3.05, 3.63) is 17.0 Å². The van der Waals surface area contributed by atoms with E-state index < -0.39 is 24.1 Å². The normalized spacial score (nSPS) is 13.7. The Morgan fingerprint density at radius 3 is 2.47 bits per heavy atom. The monoisotopic (exact) mass is 271 g/mol. The SMILES string of the molecule is Cc1noc(C)c1CNC(=O)N[C@H](C(=O)O)[C@@H](C)O. The number of carboxylic acid groups (broad SMARTS) is 1. The van der Waals surface area contributed by atoms with Gasteiger partial charge in [-0.25, -0.2) is 9.59 Å². The van der Waals surface area contributed by atoms with Crippen molar-refractivity contribution in [3.63, 3.8) is 0 Å². The summed E-state index contributed by atoms with van der Waals surface area (Å²) in [6.45, 7) is 4.90. The van der Waals surface area contributed by atoms with Gasteiger partial charge in [0.25, 0.3) is 0 Å². The number of aromatic nitrogens is 1. The van der Waals surface area contributed by atoms with Gasteiger partial charge in [0.2, 0.25) is 0 Å². The molecule has 1 heterocycles. The number of urea groups is 1. The Morgan fingerprint density at radius 2 is 2.05 bits per heavy atom. The Hall–Kier alpha value is -2.09. The van der Waals surface area contributed by atoms with E-state index >= 15 is 0 Å². The van der Waals surface area contributed by atoms with E-state index in [1.807, 2.05) is 0 Å². The van der Waals surface area contributed by atoms with Crippen molar-refractivity contribution in [2.24, 2.45) is 0 Å². The minimum Gasteiger partial charge on any atom is -0.480 e. The van der Waals surface area contributed by atoms with Crippen LogP contribution in [0.15, 0.2) is 4.52 Å². The predicted octanol–water partition coefficient (Wildman–Crippen LogP) is -0.0754. The lowest BCUT2D eigenvalue weighted by atomic mass is 10.2. The third kappa shape index (κ3) is 3.95. The molecule has 8 nitrogen and oxygen atoms in total. The molecular weight excluding hydrogens is 254 g/mol. The third-order valence-electron chi connectivity index (χ3n) is 2.64. The van der Waals surface area contributed by atoms with Crippen LogP contribution in [0.5, 0.6) is 0 Å². The largest absolute Gasteiger partial charge is 0.480 e. The molecule has 0 aliphatic rings. The molecule has 0 unspecified atom stereocenters. The molecule has 106 valence electrons. The minimum atomic E-state index is -1.36. The maximum atomic E-state index is 11.5. The fourth-order valence-electron chi connectivity index (χ4n) is 1.50. The van der Waals surface area contributed by atoms with E-state index in [1.165, 1.54) is 6.92 Å². The molecule has 1 aromatic rings. The van der Waals surface area contributed by atoms with E-state index in [-0.39, 0.29) is 6.54 Å². The third-order valence-corrected chi connectivity index (χ3v) is 2.64. The lowest BCUT2D eigenvalue weighted by Crippen LogP contribution is -2.51. The van der Waals surface area contributed by atoms with Crippen molar-refractivity contribution < 1.29 is 24.3 Å². The molecule has 1 aromatic heterocycles. The quantitative estimate of drug-likeness (QED) is 0.594. The molecule has 1 rings (SSSR count). The number of carbonyl (C=O) groups is 2. The molecule has 19 heavy (non-hydrogen) atoms. The Balaban J connectivity index is 2.54. The first-order valence-corrected chi connectivity index (χ1v) is 5.70. The zero-order chi connectivity index (χ0) is 14.6. The number of nitrogens with zero attached hydrogens (tertiary/aromatic N) is 1. The van der Waals surface area contributed by atoms with E-state index in [2.05, 4.69) is 15.8 Å². The molecule has 0 saturated carbocycles. The molecule has 0 bridgehead atoms. The first kappa shape index (κ1) is 15.0. The van der Waals surface area contributed by atoms with Crippen LogP contribution < -0.4 is 10.6 Å². The molecule has 0 aromatic carbocycles. The predicted molar refractivity (Wildman–Crippen MR) is 64.5 cm³/mol. The van der Waals surface area contributed by atoms with Crippen LogP contribution >= 0.6 is 0 Å². The number of hydrogen-bond acceptors (Lipinski definition) is 5. The molecular formula is C11H17N3O5. The second-order valence-corrected chi connectivity index (χ2v) is 4.19. The van der Waals surface area contributed by atoms with Crippen molar-refractivity contribution in [2.75, 3.05) is 0 Å². The summed E-state index contributed by atoms with van der Waals surface area (Å²) in [5.74, 6) is -0.717. The molecule has 0 spiro atoms. The molecule has 4 N–H and O–H groups in total. The second-order valence-electron chi connectivity index (χ2n) is 4.19. The van der Waals surface area contributed by atoms with Crippen molar-refractivity contribution in [1.82, 2.24) is 15.8 Å². The maximum Gasteiger partial charge on any atom is 0.328 e. The highest BCUT2D eigenvalue weighted by atomic mass is 16.5. The van der Waals surface area contributed by atoms with E-state index in [0.717, 1.165) is 5.56 Å². The molecule has 8 heteroatoms. The molecule has 0 aliphatic carbocycles. The van der Waals surface area contributed by atoms with E-state index in [0.29, 0.717) is 11.5 Å². The first-order chi connectivity index (χ1) is 8.82. The number of carboxylic acids is 1. The summed E-state index contributed by atoms with van der Waals surface area (Å²) in [6, 6.07) is -2.04. The smallest absolute Gasteiger partial charge is 0.328 e. The lowest BCUT2D eigenvalue weighted by molar-refractivity contribution is -0.141. The fourth-order valence-corrected chi connectivity index (χ4v) is 1.50. The van der Waals surface area contributed by atoms with Gasteiger partial charge in [-0.05, 0) is 20.8 Å². The van der Waals surface area contributed by atoms with Crippen LogP contribution in [0.3, 0.4) is 0 Å². The topological polar surface area (TPSA) is 125 Å². The highest BCUT2D eigenvalue weighted by Gasteiger charge is 2.24. The van der Waals surface area contributed by atoms with Crippen LogP contribution in [0.4, 0.5) is 4.79 Å². The van der Waals surface area contributed by atoms with Crippen molar-refractivity contribution >= 4 is 12.0 Å². The van der Waals surface area contributed by atoms with Gasteiger partial charge in [0.05, 0.1) is 11.8 Å². The van der Waals surface area contributed by atoms with E-state index in [4.69, 9.17) is 9.63 Å². The number of aliphatic hydroxyl groups is 1. The Bertz CT molecular complexity index is 449. The summed E-state index contributed by atoms with van der Waals surface area (Å²) >= 11 is 0. The van der Waals surface area contributed by atoms with Gasteiger partial charge < -0.3 is 25.4 Å². The average molecular weight is 271 g/mol. The molecule has 2 amide bonds. The first-order valence-electron chi connectivity index (χ1n) is 5.70. The number of nitrogens with one attached hydrogen (secondary N) is 2. The van der Waals surface area contributed by atoms with E-state index in [9.17, 15) is 14.7 Å². The number of aliphatic hydroxyl groups excluding tert-OH is 1. The number of aliphatic carboxylic acids is 1. The standard InChI is InChI=1S/C11H17N3O5/c1-5-8(7(3)19-14-5)4-12-11(18)13-9(6(2)15)10(16)17/h6,9,15H,4H2,1-3H3,(H,16,17)(H2,12,13,18)/t6-,9+/m1/s1. The molecule has 2 atom stereocenters. The Kier molecular flexibility index (Phi) is 4.87. The summed E-state index contributed by atoms with van der Waals surface area (Å²) in [5, 5.41) is 26.4. The maximum absolute atomic E-state index is 11.5. The zero-order valence-corrected chi connectivity index (χ0v) is 10.9. The van der Waals surface area contributed by atoms with Crippen molar-refractivity contribution in [3.8, 4) is 0 Å². The molecule has 0 saturated heterocycles. The Morgan fingerprint density at radius 1 is 1.42 bits per heavy atom. The minimum absolute atomic E-state index is 0.166. The summed E-state index contributed by atoms with van der Waals surface area (Å²) < 4.78 is 4.93. The van der Waals surface area contributed by atoms with Gasteiger partial charge in [-0.1, -0.05) is 5.16 Å². The van der Waals surface area contributed by atoms with Crippen LogP contribution in [0, 0.1) is 13.8 Å². The summed E-state index contributed by atoms with van der Waals surface area (Å²) in [7, 11) is 0. The number of hydrogen-bond donors (Lipinski definition) is 4. The highest BCUT2D eigenvalue weighted by molar-refractivity contribution is 5.82. The lowest BCUT2D eigenvalue weighted by Gasteiger charge is -2.17. The van der Waals surface area contributed by atoms with Crippen LogP contribution in [-0.4, -0.2) is 39.5 Å². The number of carbonyl (C=O) groups excluding carboxylic acids is 1. The van der Waals surface area contributed by atoms with Gasteiger partial charge in [-0.3, -0.25) is 0 Å². The van der Waals surface area contributed by atoms with Crippen LogP contribution in [0.2, 0.25) is 0 Å². The molecule has 0 aliphatic heterocycles. The number of amides is 2. The zero-order valence-electron chi connectivity index (χ0n) is 10.9. The number of aryl methyl sites for hydroxylation is 2. The summed E-state index contributed by atoms with van der Waals surface area (Å²) in [6.07, 6.45) is -1.19. The van der Waals surface area contributed by atoms with Gasteiger partial charge in [-0.2, -0.15) is 0 Å². The summed E-state index contributed by atoms with van der Waals surface area (Å²) in [5.41, 5.74) is 1.39. The van der Waals surface area contributed by atoms with Gasteiger partial charge >= 0.3 is 12.0 Å². The van der Waals surface area contributed by atoms with Gasteiger partial charge in [0, 0.05) is 12.1 Å². The fraction of sp³-hybridized carbons (Fsp3) is 0.545.